The molecule has 0 amide bonds. The quantitative estimate of drug-likeness (QED) is 0.667. The van der Waals surface area contributed by atoms with Crippen LogP contribution >= 0.6 is 0 Å². The molecule has 0 aliphatic rings. The molecule has 0 saturated carbocycles. The molecule has 0 bridgehead atoms. The number of hydrogen-bond donors (Lipinski definition) is 2. The minimum absolute atomic E-state index is 0.00478. The minimum atomic E-state index is -0.569. The average molecular weight is 355 g/mol. The van der Waals surface area contributed by atoms with E-state index in [0.717, 1.165) is 24.6 Å². The van der Waals surface area contributed by atoms with Gasteiger partial charge >= 0.3 is 0 Å². The van der Waals surface area contributed by atoms with Gasteiger partial charge < -0.3 is 10.6 Å². The molecule has 2 N–H and O–H groups in total. The van der Waals surface area contributed by atoms with Crippen molar-refractivity contribution in [1.82, 2.24) is 15.0 Å². The van der Waals surface area contributed by atoms with Crippen LogP contribution in [-0.4, -0.2) is 21.0 Å². The summed E-state index contributed by atoms with van der Waals surface area (Å²) in [5.41, 5.74) is 1.24. The molecule has 0 aliphatic heterocycles. The first-order valence-electron chi connectivity index (χ1n) is 8.34. The topological polar surface area (TPSA) is 62.7 Å². The zero-order chi connectivity index (χ0) is 18.5. The van der Waals surface area contributed by atoms with Crippen molar-refractivity contribution in [2.45, 2.75) is 26.3 Å². The SMILES string of the molecule is CC[C@@H](C)Nc1nc(Nc2cc(F)ccc2F)cc(-c2ccccn2)n1. The summed E-state index contributed by atoms with van der Waals surface area (Å²) < 4.78 is 27.4. The van der Waals surface area contributed by atoms with Crippen LogP contribution in [0.5, 0.6) is 0 Å². The summed E-state index contributed by atoms with van der Waals surface area (Å²) in [5, 5.41) is 6.02. The van der Waals surface area contributed by atoms with Crippen LogP contribution < -0.4 is 10.6 Å². The van der Waals surface area contributed by atoms with Crippen LogP contribution in [0.1, 0.15) is 20.3 Å². The summed E-state index contributed by atoms with van der Waals surface area (Å²) in [6.07, 6.45) is 2.55. The maximum absolute atomic E-state index is 13.9. The Hall–Kier alpha value is -3.09. The lowest BCUT2D eigenvalue weighted by Crippen LogP contribution is -2.16. The maximum Gasteiger partial charge on any atom is 0.225 e. The van der Waals surface area contributed by atoms with Crippen LogP contribution in [0.4, 0.5) is 26.2 Å². The number of nitrogens with one attached hydrogen (secondary N) is 2. The molecule has 0 saturated heterocycles. The molecule has 1 atom stereocenters. The molecule has 26 heavy (non-hydrogen) atoms. The van der Waals surface area contributed by atoms with Gasteiger partial charge in [-0.2, -0.15) is 4.98 Å². The summed E-state index contributed by atoms with van der Waals surface area (Å²) in [6, 6.07) is 10.5. The Kier molecular flexibility index (Phi) is 5.36. The van der Waals surface area contributed by atoms with Gasteiger partial charge in [-0.1, -0.05) is 13.0 Å². The number of rotatable bonds is 6. The molecule has 0 unspecified atom stereocenters. The summed E-state index contributed by atoms with van der Waals surface area (Å²) in [4.78, 5) is 13.1. The first-order valence-corrected chi connectivity index (χ1v) is 8.34. The fourth-order valence-corrected chi connectivity index (χ4v) is 2.28. The predicted octanol–water partition coefficient (Wildman–Crippen LogP) is 4.77. The van der Waals surface area contributed by atoms with Gasteiger partial charge in [-0.05, 0) is 37.6 Å². The van der Waals surface area contributed by atoms with Crippen molar-refractivity contribution in [3.63, 3.8) is 0 Å². The van der Waals surface area contributed by atoms with E-state index in [-0.39, 0.29) is 11.7 Å². The van der Waals surface area contributed by atoms with Crippen molar-refractivity contribution in [1.29, 1.82) is 0 Å². The standard InChI is InChI=1S/C19H19F2N5/c1-3-12(2)23-19-25-17(15-6-4-5-9-22-15)11-18(26-19)24-16-10-13(20)7-8-14(16)21/h4-12H,3H2,1-2H3,(H2,23,24,25,26)/t12-/m1/s1. The second kappa shape index (κ2) is 7.86. The first-order chi connectivity index (χ1) is 12.5. The summed E-state index contributed by atoms with van der Waals surface area (Å²) in [6.45, 7) is 4.05. The lowest BCUT2D eigenvalue weighted by atomic mass is 10.2. The molecular weight excluding hydrogens is 336 g/mol. The Labute approximate surface area is 150 Å². The van der Waals surface area contributed by atoms with Gasteiger partial charge in [0.15, 0.2) is 0 Å². The van der Waals surface area contributed by atoms with Gasteiger partial charge in [-0.15, -0.1) is 0 Å². The van der Waals surface area contributed by atoms with E-state index in [9.17, 15) is 8.78 Å². The fraction of sp³-hybridized carbons (Fsp3) is 0.211. The van der Waals surface area contributed by atoms with E-state index >= 15 is 0 Å². The van der Waals surface area contributed by atoms with Crippen LogP contribution in [0.2, 0.25) is 0 Å². The smallest absolute Gasteiger partial charge is 0.225 e. The molecule has 2 heterocycles. The van der Waals surface area contributed by atoms with E-state index in [0.29, 0.717) is 23.2 Å². The number of benzene rings is 1. The summed E-state index contributed by atoms with van der Waals surface area (Å²) in [7, 11) is 0. The zero-order valence-corrected chi connectivity index (χ0v) is 14.5. The van der Waals surface area contributed by atoms with E-state index in [1.807, 2.05) is 32.0 Å². The van der Waals surface area contributed by atoms with Gasteiger partial charge in [0.05, 0.1) is 17.1 Å². The molecule has 0 fully saturated rings. The Morgan fingerprint density at radius 3 is 2.62 bits per heavy atom. The molecule has 0 aliphatic carbocycles. The summed E-state index contributed by atoms with van der Waals surface area (Å²) in [5.74, 6) is -0.371. The van der Waals surface area contributed by atoms with E-state index < -0.39 is 11.6 Å². The van der Waals surface area contributed by atoms with Crippen molar-refractivity contribution in [2.75, 3.05) is 10.6 Å². The minimum Gasteiger partial charge on any atom is -0.352 e. The van der Waals surface area contributed by atoms with Gasteiger partial charge in [0.1, 0.15) is 17.5 Å². The largest absolute Gasteiger partial charge is 0.352 e. The molecule has 3 aromatic rings. The monoisotopic (exact) mass is 355 g/mol. The summed E-state index contributed by atoms with van der Waals surface area (Å²) >= 11 is 0. The highest BCUT2D eigenvalue weighted by atomic mass is 19.1. The number of nitrogens with zero attached hydrogens (tertiary/aromatic N) is 3. The first kappa shape index (κ1) is 17.7. The van der Waals surface area contributed by atoms with E-state index in [1.165, 1.54) is 0 Å². The molecular formula is C19H19F2N5. The molecule has 0 radical (unpaired) electrons. The second-order valence-electron chi connectivity index (χ2n) is 5.88. The van der Waals surface area contributed by atoms with Crippen molar-refractivity contribution in [3.05, 3.63) is 60.3 Å². The fourth-order valence-electron chi connectivity index (χ4n) is 2.28. The Morgan fingerprint density at radius 2 is 1.88 bits per heavy atom. The molecule has 0 spiro atoms. The van der Waals surface area contributed by atoms with Gasteiger partial charge in [-0.3, -0.25) is 4.98 Å². The van der Waals surface area contributed by atoms with Crippen LogP contribution in [-0.2, 0) is 0 Å². The lowest BCUT2D eigenvalue weighted by molar-refractivity contribution is 0.603. The molecule has 134 valence electrons. The Balaban J connectivity index is 2.00. The third-order valence-corrected chi connectivity index (χ3v) is 3.83. The molecule has 2 aromatic heterocycles. The Morgan fingerprint density at radius 1 is 1.04 bits per heavy atom. The zero-order valence-electron chi connectivity index (χ0n) is 14.5. The van der Waals surface area contributed by atoms with Crippen molar-refractivity contribution < 1.29 is 8.78 Å². The van der Waals surface area contributed by atoms with Gasteiger partial charge in [0.2, 0.25) is 5.95 Å². The highest BCUT2D eigenvalue weighted by molar-refractivity contribution is 5.65. The van der Waals surface area contributed by atoms with Crippen LogP contribution in [0.3, 0.4) is 0 Å². The maximum atomic E-state index is 13.9. The van der Waals surface area contributed by atoms with Crippen molar-refractivity contribution >= 4 is 17.5 Å². The molecule has 5 nitrogen and oxygen atoms in total. The molecule has 1 aromatic carbocycles. The van der Waals surface area contributed by atoms with Gasteiger partial charge in [0, 0.05) is 24.4 Å². The number of halogens is 2. The third-order valence-electron chi connectivity index (χ3n) is 3.83. The predicted molar refractivity (Wildman–Crippen MR) is 98.3 cm³/mol. The highest BCUT2D eigenvalue weighted by Gasteiger charge is 2.11. The molecule has 7 heteroatoms. The van der Waals surface area contributed by atoms with E-state index in [1.54, 1.807) is 12.3 Å². The second-order valence-corrected chi connectivity index (χ2v) is 5.88. The Bertz CT molecular complexity index is 886. The number of aromatic nitrogens is 3. The molecule has 3 rings (SSSR count). The third kappa shape index (κ3) is 4.30. The van der Waals surface area contributed by atoms with Crippen LogP contribution in [0.25, 0.3) is 11.4 Å². The van der Waals surface area contributed by atoms with E-state index in [2.05, 4.69) is 25.6 Å². The average Bonchev–Trinajstić information content (AvgIpc) is 2.65. The number of hydrogen-bond acceptors (Lipinski definition) is 5. The van der Waals surface area contributed by atoms with E-state index in [4.69, 9.17) is 0 Å². The van der Waals surface area contributed by atoms with Crippen molar-refractivity contribution in [2.24, 2.45) is 0 Å². The highest BCUT2D eigenvalue weighted by Crippen LogP contribution is 2.24. The van der Waals surface area contributed by atoms with Gasteiger partial charge in [-0.25, -0.2) is 13.8 Å². The van der Waals surface area contributed by atoms with Crippen molar-refractivity contribution in [3.8, 4) is 11.4 Å². The van der Waals surface area contributed by atoms with Gasteiger partial charge in [0.25, 0.3) is 0 Å². The lowest BCUT2D eigenvalue weighted by Gasteiger charge is -2.14. The van der Waals surface area contributed by atoms with Crippen LogP contribution in [0.15, 0.2) is 48.7 Å². The van der Waals surface area contributed by atoms with Crippen LogP contribution in [0, 0.1) is 11.6 Å². The normalized spacial score (nSPS) is 11.8. The number of anilines is 3. The number of pyridine rings is 1.